The van der Waals surface area contributed by atoms with Crippen molar-refractivity contribution in [2.24, 2.45) is 0 Å². The Morgan fingerprint density at radius 1 is 1.00 bits per heavy atom. The minimum Gasteiger partial charge on any atom is -0.455 e. The summed E-state index contributed by atoms with van der Waals surface area (Å²) in [6, 6.07) is 21.5. The van der Waals surface area contributed by atoms with E-state index in [0.29, 0.717) is 27.8 Å². The molecule has 0 bridgehead atoms. The molecule has 3 rings (SSSR count). The van der Waals surface area contributed by atoms with Crippen LogP contribution < -0.4 is 10.1 Å². The van der Waals surface area contributed by atoms with Gasteiger partial charge in [0.15, 0.2) is 5.75 Å². The number of carbonyl (C=O) groups excluding carboxylic acids is 1. The van der Waals surface area contributed by atoms with E-state index in [1.165, 1.54) is 7.05 Å². The molecule has 0 heterocycles. The number of hydrogen-bond acceptors (Lipinski definition) is 4. The quantitative estimate of drug-likeness (QED) is 0.573. The van der Waals surface area contributed by atoms with Gasteiger partial charge in [-0.05, 0) is 35.9 Å². The van der Waals surface area contributed by atoms with Gasteiger partial charge >= 0.3 is 0 Å². The molecule has 1 amide bonds. The van der Waals surface area contributed by atoms with Gasteiger partial charge in [0.1, 0.15) is 11.8 Å². The SMILES string of the molecule is CN(C(C(=O)Nc1cc(Cl)ccc1Oc1ccccc1)c1ccccc1)S(C)(=O)=O. The van der Waals surface area contributed by atoms with Crippen molar-refractivity contribution in [2.45, 2.75) is 6.04 Å². The van der Waals surface area contributed by atoms with Crippen molar-refractivity contribution < 1.29 is 17.9 Å². The average Bonchev–Trinajstić information content (AvgIpc) is 2.71. The molecule has 0 aliphatic carbocycles. The Labute approximate surface area is 181 Å². The van der Waals surface area contributed by atoms with Crippen molar-refractivity contribution in [3.8, 4) is 11.5 Å². The Bertz CT molecular complexity index is 1120. The van der Waals surface area contributed by atoms with Crippen molar-refractivity contribution in [2.75, 3.05) is 18.6 Å². The minimum atomic E-state index is -3.64. The van der Waals surface area contributed by atoms with Crippen LogP contribution in [0.2, 0.25) is 5.02 Å². The number of ether oxygens (including phenoxy) is 1. The van der Waals surface area contributed by atoms with Gasteiger partial charge in [0.05, 0.1) is 11.9 Å². The fraction of sp³-hybridized carbons (Fsp3) is 0.136. The molecule has 8 heteroatoms. The Morgan fingerprint density at radius 2 is 1.60 bits per heavy atom. The number of para-hydroxylation sites is 1. The molecule has 0 aliphatic rings. The predicted octanol–water partition coefficient (Wildman–Crippen LogP) is 4.70. The Morgan fingerprint density at radius 3 is 2.20 bits per heavy atom. The number of hydrogen-bond donors (Lipinski definition) is 1. The Hall–Kier alpha value is -2.87. The maximum absolute atomic E-state index is 13.2. The number of likely N-dealkylation sites (N-methyl/N-ethyl adjacent to an activating group) is 1. The van der Waals surface area contributed by atoms with E-state index in [-0.39, 0.29) is 0 Å². The first-order chi connectivity index (χ1) is 14.3. The lowest BCUT2D eigenvalue weighted by Crippen LogP contribution is -2.38. The molecule has 0 spiro atoms. The molecule has 3 aromatic rings. The Balaban J connectivity index is 1.95. The number of amides is 1. The molecule has 0 aromatic heterocycles. The minimum absolute atomic E-state index is 0.333. The lowest BCUT2D eigenvalue weighted by Gasteiger charge is -2.26. The summed E-state index contributed by atoms with van der Waals surface area (Å²) in [5.41, 5.74) is 0.870. The van der Waals surface area contributed by atoms with E-state index in [9.17, 15) is 13.2 Å². The molecule has 1 unspecified atom stereocenters. The van der Waals surface area contributed by atoms with Gasteiger partial charge < -0.3 is 10.1 Å². The van der Waals surface area contributed by atoms with Gasteiger partial charge in [0.2, 0.25) is 15.9 Å². The first kappa shape index (κ1) is 21.8. The van der Waals surface area contributed by atoms with Gasteiger partial charge in [-0.2, -0.15) is 4.31 Å². The summed E-state index contributed by atoms with van der Waals surface area (Å²) < 4.78 is 31.2. The molecule has 0 saturated heterocycles. The molecule has 0 fully saturated rings. The zero-order valence-electron chi connectivity index (χ0n) is 16.4. The number of halogens is 1. The number of anilines is 1. The molecule has 1 atom stereocenters. The molecule has 156 valence electrons. The van der Waals surface area contributed by atoms with Crippen LogP contribution in [0, 0.1) is 0 Å². The maximum Gasteiger partial charge on any atom is 0.247 e. The molecule has 0 radical (unpaired) electrons. The van der Waals surface area contributed by atoms with Gasteiger partial charge in [0, 0.05) is 12.1 Å². The number of sulfonamides is 1. The molecular formula is C22H21ClN2O4S. The second-order valence-electron chi connectivity index (χ2n) is 6.64. The topological polar surface area (TPSA) is 75.7 Å². The van der Waals surface area contributed by atoms with E-state index >= 15 is 0 Å². The lowest BCUT2D eigenvalue weighted by atomic mass is 10.1. The van der Waals surface area contributed by atoms with E-state index in [2.05, 4.69) is 5.32 Å². The third-order valence-corrected chi connectivity index (χ3v) is 5.91. The second kappa shape index (κ2) is 9.30. The van der Waals surface area contributed by atoms with Crippen LogP contribution in [0.4, 0.5) is 5.69 Å². The molecule has 0 aliphatic heterocycles. The van der Waals surface area contributed by atoms with E-state index in [1.54, 1.807) is 60.7 Å². The summed E-state index contributed by atoms with van der Waals surface area (Å²) in [6.07, 6.45) is 1.06. The Kier molecular flexibility index (Phi) is 6.77. The third kappa shape index (κ3) is 5.38. The standard InChI is InChI=1S/C22H21ClN2O4S/c1-25(30(2,27)28)21(16-9-5-3-6-10-16)22(26)24-19-15-17(23)13-14-20(19)29-18-11-7-4-8-12-18/h3-15,21H,1-2H3,(H,24,26). The second-order valence-corrected chi connectivity index (χ2v) is 9.12. The molecule has 30 heavy (non-hydrogen) atoms. The highest BCUT2D eigenvalue weighted by atomic mass is 35.5. The number of nitrogens with one attached hydrogen (secondary N) is 1. The van der Waals surface area contributed by atoms with Crippen molar-refractivity contribution in [1.82, 2.24) is 4.31 Å². The number of nitrogens with zero attached hydrogens (tertiary/aromatic N) is 1. The highest BCUT2D eigenvalue weighted by Gasteiger charge is 2.31. The number of benzene rings is 3. The van der Waals surface area contributed by atoms with Crippen molar-refractivity contribution in [3.63, 3.8) is 0 Å². The summed E-state index contributed by atoms with van der Waals surface area (Å²) in [5, 5.41) is 3.17. The first-order valence-corrected chi connectivity index (χ1v) is 11.3. The van der Waals surface area contributed by atoms with Crippen molar-refractivity contribution >= 4 is 33.2 Å². The first-order valence-electron chi connectivity index (χ1n) is 9.07. The zero-order valence-corrected chi connectivity index (χ0v) is 18.0. The van der Waals surface area contributed by atoms with Crippen LogP contribution in [0.1, 0.15) is 11.6 Å². The molecule has 6 nitrogen and oxygen atoms in total. The van der Waals surface area contributed by atoms with Gasteiger partial charge in [-0.15, -0.1) is 0 Å². The largest absolute Gasteiger partial charge is 0.455 e. The van der Waals surface area contributed by atoms with Crippen LogP contribution in [-0.4, -0.2) is 31.9 Å². The number of rotatable bonds is 7. The molecule has 0 saturated carbocycles. The number of carbonyl (C=O) groups is 1. The van der Waals surface area contributed by atoms with Gasteiger partial charge in [-0.1, -0.05) is 60.1 Å². The van der Waals surface area contributed by atoms with Crippen LogP contribution in [-0.2, 0) is 14.8 Å². The van der Waals surface area contributed by atoms with Crippen LogP contribution in [0.3, 0.4) is 0 Å². The van der Waals surface area contributed by atoms with Gasteiger partial charge in [0.25, 0.3) is 0 Å². The highest BCUT2D eigenvalue weighted by Crippen LogP contribution is 2.33. The summed E-state index contributed by atoms with van der Waals surface area (Å²) in [4.78, 5) is 13.2. The smallest absolute Gasteiger partial charge is 0.247 e. The summed E-state index contributed by atoms with van der Waals surface area (Å²) in [6.45, 7) is 0. The fourth-order valence-corrected chi connectivity index (χ4v) is 3.63. The van der Waals surface area contributed by atoms with Gasteiger partial charge in [-0.3, -0.25) is 4.79 Å². The van der Waals surface area contributed by atoms with Crippen LogP contribution in [0.25, 0.3) is 0 Å². The molecule has 3 aromatic carbocycles. The highest BCUT2D eigenvalue weighted by molar-refractivity contribution is 7.88. The normalized spacial score (nSPS) is 12.4. The van der Waals surface area contributed by atoms with Gasteiger partial charge in [-0.25, -0.2) is 8.42 Å². The fourth-order valence-electron chi connectivity index (χ4n) is 2.86. The molecular weight excluding hydrogens is 424 g/mol. The van der Waals surface area contributed by atoms with E-state index in [4.69, 9.17) is 16.3 Å². The summed E-state index contributed by atoms with van der Waals surface area (Å²) in [7, 11) is -2.27. The molecule has 1 N–H and O–H groups in total. The van der Waals surface area contributed by atoms with E-state index in [1.807, 2.05) is 18.2 Å². The maximum atomic E-state index is 13.2. The lowest BCUT2D eigenvalue weighted by molar-refractivity contribution is -0.119. The van der Waals surface area contributed by atoms with Crippen molar-refractivity contribution in [1.29, 1.82) is 0 Å². The monoisotopic (exact) mass is 444 g/mol. The van der Waals surface area contributed by atoms with Crippen LogP contribution in [0.5, 0.6) is 11.5 Å². The van der Waals surface area contributed by atoms with Crippen LogP contribution >= 0.6 is 11.6 Å². The van der Waals surface area contributed by atoms with Crippen molar-refractivity contribution in [3.05, 3.63) is 89.4 Å². The van der Waals surface area contributed by atoms with E-state index < -0.39 is 22.0 Å². The zero-order chi connectivity index (χ0) is 21.7. The van der Waals surface area contributed by atoms with Crippen LogP contribution in [0.15, 0.2) is 78.9 Å². The third-order valence-electron chi connectivity index (χ3n) is 4.42. The van der Waals surface area contributed by atoms with E-state index in [0.717, 1.165) is 10.6 Å². The predicted molar refractivity (Wildman–Crippen MR) is 118 cm³/mol. The summed E-state index contributed by atoms with van der Waals surface area (Å²) >= 11 is 6.12. The average molecular weight is 445 g/mol. The summed E-state index contributed by atoms with van der Waals surface area (Å²) in [5.74, 6) is 0.435.